The van der Waals surface area contributed by atoms with Gasteiger partial charge in [0.05, 0.1) is 24.1 Å². The standard InChI is InChI=1S/C14H24INO3/c1-3-14(17,4-2)11-19-13-7-5-6-12(10-13)18-9-8-16-15/h5-7,12,16-17H,3-4,8-11H2,1-2H3. The fraction of sp³-hybridized carbons (Fsp3) is 0.714. The molecular formula is C14H24INO3. The lowest BCUT2D eigenvalue weighted by Crippen LogP contribution is -2.33. The van der Waals surface area contributed by atoms with E-state index in [2.05, 4.69) is 26.4 Å². The average Bonchev–Trinajstić information content (AvgIpc) is 2.46. The van der Waals surface area contributed by atoms with Gasteiger partial charge in [-0.1, -0.05) is 26.0 Å². The lowest BCUT2D eigenvalue weighted by atomic mass is 9.99. The third-order valence-corrected chi connectivity index (χ3v) is 3.92. The fourth-order valence-corrected chi connectivity index (χ4v) is 1.99. The van der Waals surface area contributed by atoms with Crippen molar-refractivity contribution in [2.45, 2.75) is 44.8 Å². The Morgan fingerprint density at radius 3 is 2.84 bits per heavy atom. The highest BCUT2D eigenvalue weighted by Gasteiger charge is 2.24. The summed E-state index contributed by atoms with van der Waals surface area (Å²) in [5.74, 6) is 0.884. The molecule has 0 amide bonds. The minimum Gasteiger partial charge on any atom is -0.495 e. The van der Waals surface area contributed by atoms with Crippen molar-refractivity contribution >= 4 is 22.9 Å². The van der Waals surface area contributed by atoms with Crippen molar-refractivity contribution in [1.82, 2.24) is 3.53 Å². The third-order valence-electron chi connectivity index (χ3n) is 3.38. The Labute approximate surface area is 129 Å². The van der Waals surface area contributed by atoms with E-state index >= 15 is 0 Å². The van der Waals surface area contributed by atoms with E-state index in [1.807, 2.05) is 32.1 Å². The van der Waals surface area contributed by atoms with Crippen molar-refractivity contribution < 1.29 is 14.6 Å². The van der Waals surface area contributed by atoms with Gasteiger partial charge in [-0.2, -0.15) is 0 Å². The van der Waals surface area contributed by atoms with E-state index in [0.717, 1.165) is 18.7 Å². The van der Waals surface area contributed by atoms with Crippen LogP contribution in [0.4, 0.5) is 0 Å². The minimum absolute atomic E-state index is 0.0705. The van der Waals surface area contributed by atoms with Crippen molar-refractivity contribution in [3.63, 3.8) is 0 Å². The van der Waals surface area contributed by atoms with Gasteiger partial charge in [0.25, 0.3) is 0 Å². The highest BCUT2D eigenvalue weighted by molar-refractivity contribution is 14.1. The van der Waals surface area contributed by atoms with Crippen molar-refractivity contribution in [3.8, 4) is 0 Å². The molecule has 1 aliphatic carbocycles. The average molecular weight is 381 g/mol. The molecule has 4 nitrogen and oxygen atoms in total. The predicted molar refractivity (Wildman–Crippen MR) is 85.1 cm³/mol. The molecular weight excluding hydrogens is 357 g/mol. The number of aliphatic hydroxyl groups is 1. The summed E-state index contributed by atoms with van der Waals surface area (Å²) in [5, 5.41) is 10.2. The van der Waals surface area contributed by atoms with E-state index in [0.29, 0.717) is 26.1 Å². The van der Waals surface area contributed by atoms with Crippen molar-refractivity contribution in [2.75, 3.05) is 19.8 Å². The van der Waals surface area contributed by atoms with Crippen LogP contribution < -0.4 is 3.53 Å². The summed E-state index contributed by atoms with van der Waals surface area (Å²) in [5.41, 5.74) is -0.719. The van der Waals surface area contributed by atoms with E-state index in [9.17, 15) is 5.11 Å². The topological polar surface area (TPSA) is 50.7 Å². The number of hydrogen-bond donors (Lipinski definition) is 2. The van der Waals surface area contributed by atoms with Gasteiger partial charge in [-0.15, -0.1) is 0 Å². The zero-order chi connectivity index (χ0) is 14.1. The summed E-state index contributed by atoms with van der Waals surface area (Å²) in [6, 6.07) is 0. The van der Waals surface area contributed by atoms with E-state index in [1.165, 1.54) is 0 Å². The normalized spacial score (nSPS) is 19.4. The molecule has 110 valence electrons. The molecule has 0 aliphatic heterocycles. The van der Waals surface area contributed by atoms with Crippen LogP contribution in [0.3, 0.4) is 0 Å². The second kappa shape index (κ2) is 8.94. The lowest BCUT2D eigenvalue weighted by Gasteiger charge is -2.27. The largest absolute Gasteiger partial charge is 0.495 e. The number of rotatable bonds is 9. The van der Waals surface area contributed by atoms with Crippen LogP contribution in [0.1, 0.15) is 33.1 Å². The van der Waals surface area contributed by atoms with Crippen LogP contribution in [-0.2, 0) is 9.47 Å². The molecule has 1 aliphatic rings. The van der Waals surface area contributed by atoms with E-state index in [1.54, 1.807) is 0 Å². The molecule has 0 aromatic heterocycles. The molecule has 1 rings (SSSR count). The molecule has 19 heavy (non-hydrogen) atoms. The van der Waals surface area contributed by atoms with Gasteiger partial charge in [-0.3, -0.25) is 3.53 Å². The number of allylic oxidation sites excluding steroid dienone is 2. The van der Waals surface area contributed by atoms with Crippen LogP contribution in [0, 0.1) is 0 Å². The highest BCUT2D eigenvalue weighted by Crippen LogP contribution is 2.21. The molecule has 0 fully saturated rings. The van der Waals surface area contributed by atoms with Gasteiger partial charge < -0.3 is 14.6 Å². The summed E-state index contributed by atoms with van der Waals surface area (Å²) < 4.78 is 14.5. The maximum absolute atomic E-state index is 10.2. The van der Waals surface area contributed by atoms with Gasteiger partial charge in [0.1, 0.15) is 6.61 Å². The van der Waals surface area contributed by atoms with Gasteiger partial charge >= 0.3 is 0 Å². The molecule has 0 bridgehead atoms. The van der Waals surface area contributed by atoms with Crippen LogP contribution in [0.25, 0.3) is 0 Å². The summed E-state index contributed by atoms with van der Waals surface area (Å²) >= 11 is 2.10. The molecule has 0 aromatic carbocycles. The molecule has 0 spiro atoms. The molecule has 0 aromatic rings. The van der Waals surface area contributed by atoms with Crippen molar-refractivity contribution in [3.05, 3.63) is 24.0 Å². The first kappa shape index (κ1) is 16.9. The zero-order valence-corrected chi connectivity index (χ0v) is 13.9. The van der Waals surface area contributed by atoms with E-state index < -0.39 is 5.60 Å². The Morgan fingerprint density at radius 2 is 2.21 bits per heavy atom. The van der Waals surface area contributed by atoms with Gasteiger partial charge in [0, 0.05) is 35.8 Å². The lowest BCUT2D eigenvalue weighted by molar-refractivity contribution is -0.0373. The molecule has 0 heterocycles. The Hall–Kier alpha value is -0.110. The quantitative estimate of drug-likeness (QED) is 0.366. The maximum Gasteiger partial charge on any atom is 0.116 e. The molecule has 0 radical (unpaired) electrons. The monoisotopic (exact) mass is 381 g/mol. The van der Waals surface area contributed by atoms with E-state index in [-0.39, 0.29) is 6.10 Å². The van der Waals surface area contributed by atoms with Crippen molar-refractivity contribution in [2.24, 2.45) is 0 Å². The fourth-order valence-electron chi connectivity index (χ4n) is 1.77. The van der Waals surface area contributed by atoms with Gasteiger partial charge in [-0.25, -0.2) is 0 Å². The molecule has 1 atom stereocenters. The summed E-state index contributed by atoms with van der Waals surface area (Å²) in [6.07, 6.45) is 8.15. The second-order valence-corrected chi connectivity index (χ2v) is 5.50. The van der Waals surface area contributed by atoms with Crippen LogP contribution in [-0.4, -0.2) is 36.6 Å². The number of halogens is 1. The first-order chi connectivity index (χ1) is 9.13. The second-order valence-electron chi connectivity index (χ2n) is 4.74. The Balaban J connectivity index is 2.35. The molecule has 2 N–H and O–H groups in total. The smallest absolute Gasteiger partial charge is 0.116 e. The van der Waals surface area contributed by atoms with Gasteiger partial charge in [0.15, 0.2) is 0 Å². The summed E-state index contributed by atoms with van der Waals surface area (Å²) in [6.45, 7) is 5.81. The highest BCUT2D eigenvalue weighted by atomic mass is 127. The van der Waals surface area contributed by atoms with Crippen molar-refractivity contribution in [1.29, 1.82) is 0 Å². The molecule has 0 saturated heterocycles. The summed E-state index contributed by atoms with van der Waals surface area (Å²) in [7, 11) is 0. The first-order valence-electron chi connectivity index (χ1n) is 6.81. The van der Waals surface area contributed by atoms with Crippen LogP contribution in [0.2, 0.25) is 0 Å². The number of hydrogen-bond acceptors (Lipinski definition) is 4. The Kier molecular flexibility index (Phi) is 7.97. The maximum atomic E-state index is 10.2. The molecule has 1 unspecified atom stereocenters. The van der Waals surface area contributed by atoms with Gasteiger partial charge in [-0.05, 0) is 18.9 Å². The summed E-state index contributed by atoms with van der Waals surface area (Å²) in [4.78, 5) is 0. The van der Waals surface area contributed by atoms with Crippen LogP contribution in [0.15, 0.2) is 24.0 Å². The Bertz CT molecular complexity index is 314. The van der Waals surface area contributed by atoms with Crippen LogP contribution >= 0.6 is 22.9 Å². The zero-order valence-electron chi connectivity index (χ0n) is 11.7. The van der Waals surface area contributed by atoms with Crippen LogP contribution in [0.5, 0.6) is 0 Å². The van der Waals surface area contributed by atoms with Gasteiger partial charge in [0.2, 0.25) is 0 Å². The SMILES string of the molecule is CCC(O)(CC)COC1=CC=CC(OCCNI)C1. The predicted octanol–water partition coefficient (Wildman–Crippen LogP) is 2.72. The first-order valence-corrected chi connectivity index (χ1v) is 7.89. The van der Waals surface area contributed by atoms with E-state index in [4.69, 9.17) is 9.47 Å². The Morgan fingerprint density at radius 1 is 1.47 bits per heavy atom. The number of nitrogens with one attached hydrogen (secondary N) is 1. The third kappa shape index (κ3) is 6.25. The minimum atomic E-state index is -0.719. The number of ether oxygens (including phenoxy) is 2. The molecule has 5 heteroatoms. The molecule has 0 saturated carbocycles.